The molecular formula is C45H62N4O5. The molecule has 1 fully saturated rings. The number of ether oxygens (including phenoxy) is 2. The molecule has 5 heterocycles. The van der Waals surface area contributed by atoms with Gasteiger partial charge in [0.15, 0.2) is 0 Å². The molecular weight excluding hydrogens is 677 g/mol. The number of allylic oxidation sites excluding steroid dienone is 4. The number of carbonyl (C=O) groups is 2. The second kappa shape index (κ2) is 16.2. The lowest BCUT2D eigenvalue weighted by Crippen LogP contribution is -2.37. The van der Waals surface area contributed by atoms with Crippen LogP contribution in [0.15, 0.2) is 40.4 Å². The standard InChI is InChI=1S/C45H62N4O5/c1-11-29-25(6)32-20-34-27(8)31(16-17-38(50)54-19-18-24(5)15-13-14-23(3)4)42(48-34)40-41(45(52)53-10)44(51)39-28(9)35(49-43(39)40)22-37-30(12-2)26(7)33(47-37)21-36(29)46-32/h18,20-23,27,29,31,41-42,44,46-49,51H,11-17,19H2,1-10H3/b24-18-,34-20-,35-22-,36-21-/t27-,29+,31-,41+,42?,44+/m0/s1. The van der Waals surface area contributed by atoms with Crippen LogP contribution in [-0.4, -0.2) is 46.8 Å². The van der Waals surface area contributed by atoms with Crippen molar-refractivity contribution in [3.63, 3.8) is 0 Å². The zero-order chi connectivity index (χ0) is 39.0. The van der Waals surface area contributed by atoms with Crippen LogP contribution < -0.4 is 21.3 Å². The fraction of sp³-hybridized carbons (Fsp3) is 0.556. The molecule has 9 nitrogen and oxygen atoms in total. The Morgan fingerprint density at radius 2 is 1.76 bits per heavy atom. The molecule has 0 saturated carbocycles. The van der Waals surface area contributed by atoms with E-state index in [4.69, 9.17) is 9.47 Å². The van der Waals surface area contributed by atoms with Crippen molar-refractivity contribution in [3.8, 4) is 0 Å². The van der Waals surface area contributed by atoms with Gasteiger partial charge in [0, 0.05) is 63.0 Å². The zero-order valence-electron chi connectivity index (χ0n) is 34.1. The lowest BCUT2D eigenvalue weighted by Gasteiger charge is -2.27. The number of methoxy groups -OCH3 is 1. The van der Waals surface area contributed by atoms with E-state index in [1.54, 1.807) is 0 Å². The molecule has 1 saturated heterocycles. The van der Waals surface area contributed by atoms with Crippen LogP contribution >= 0.6 is 0 Å². The van der Waals surface area contributed by atoms with Crippen LogP contribution in [0.5, 0.6) is 0 Å². The number of aliphatic hydroxyl groups excluding tert-OH is 1. The Kier molecular flexibility index (Phi) is 11.9. The molecule has 0 radical (unpaired) electrons. The number of esters is 2. The maximum absolute atomic E-state index is 13.6. The molecule has 8 bridgehead atoms. The highest BCUT2D eigenvalue weighted by Crippen LogP contribution is 2.45. The van der Waals surface area contributed by atoms with Crippen molar-refractivity contribution in [3.05, 3.63) is 84.7 Å². The topological polar surface area (TPSA) is 128 Å². The normalized spacial score (nSPS) is 27.2. The summed E-state index contributed by atoms with van der Waals surface area (Å²) in [5, 5.41) is 21.2. The molecule has 6 atom stereocenters. The second-order valence-electron chi connectivity index (χ2n) is 16.4. The molecule has 1 aliphatic carbocycles. The van der Waals surface area contributed by atoms with E-state index in [-0.39, 0.29) is 42.8 Å². The van der Waals surface area contributed by atoms with Crippen molar-refractivity contribution in [2.75, 3.05) is 13.7 Å². The van der Waals surface area contributed by atoms with Crippen LogP contribution in [0.3, 0.4) is 0 Å². The van der Waals surface area contributed by atoms with Crippen LogP contribution in [0.1, 0.15) is 127 Å². The predicted octanol–water partition coefficient (Wildman–Crippen LogP) is 6.80. The first-order valence-corrected chi connectivity index (χ1v) is 20.2. The van der Waals surface area contributed by atoms with Gasteiger partial charge in [-0.25, -0.2) is 0 Å². The SMILES string of the molecule is CCc1c2[nH]c(c1C)/C=C1\NC(=C(C)[C@H]1CC)/C=C1\NC(C3=c4[nH]/c(c(C)c4[C@@H](O)[C@@H]3C(=O)OC)=C\2)[C@@H](CCC(=O)OC/C=C(/C)CCCC(C)C)[C@@H]1C. The first-order valence-electron chi connectivity index (χ1n) is 20.2. The Balaban J connectivity index is 1.44. The van der Waals surface area contributed by atoms with Crippen molar-refractivity contribution >= 4 is 29.7 Å². The molecule has 0 amide bonds. The predicted molar refractivity (Wildman–Crippen MR) is 215 cm³/mol. The molecule has 5 N–H and O–H groups in total. The van der Waals surface area contributed by atoms with Crippen molar-refractivity contribution in [1.29, 1.82) is 0 Å². The van der Waals surface area contributed by atoms with Gasteiger partial charge in [-0.1, -0.05) is 46.6 Å². The van der Waals surface area contributed by atoms with Gasteiger partial charge in [-0.05, 0) is 124 Å². The van der Waals surface area contributed by atoms with E-state index < -0.39 is 18.0 Å². The number of rotatable bonds is 12. The van der Waals surface area contributed by atoms with Gasteiger partial charge in [-0.2, -0.15) is 0 Å². The zero-order valence-corrected chi connectivity index (χ0v) is 34.1. The van der Waals surface area contributed by atoms with E-state index in [1.165, 1.54) is 41.5 Å². The summed E-state index contributed by atoms with van der Waals surface area (Å²) in [6.45, 7) is 19.8. The summed E-state index contributed by atoms with van der Waals surface area (Å²) in [5.41, 5.74) is 12.8. The summed E-state index contributed by atoms with van der Waals surface area (Å²) < 4.78 is 11.1. The maximum Gasteiger partial charge on any atom is 0.315 e. The van der Waals surface area contributed by atoms with E-state index >= 15 is 0 Å². The van der Waals surface area contributed by atoms with Gasteiger partial charge in [0.2, 0.25) is 0 Å². The number of fused-ring (bicyclic) bond motifs is 8. The number of aliphatic hydroxyl groups is 1. The highest BCUT2D eigenvalue weighted by molar-refractivity contribution is 5.88. The van der Waals surface area contributed by atoms with Crippen molar-refractivity contribution in [2.45, 2.75) is 119 Å². The average molecular weight is 739 g/mol. The fourth-order valence-electron chi connectivity index (χ4n) is 9.39. The quantitative estimate of drug-likeness (QED) is 0.120. The highest BCUT2D eigenvalue weighted by atomic mass is 16.5. The minimum atomic E-state index is -1.07. The molecule has 292 valence electrons. The minimum absolute atomic E-state index is 0.0192. The highest BCUT2D eigenvalue weighted by Gasteiger charge is 2.49. The van der Waals surface area contributed by atoms with Crippen molar-refractivity contribution in [2.24, 2.45) is 29.6 Å². The van der Waals surface area contributed by atoms with Crippen molar-refractivity contribution < 1.29 is 24.2 Å². The summed E-state index contributed by atoms with van der Waals surface area (Å²) in [5.74, 6) is -0.720. The lowest BCUT2D eigenvalue weighted by atomic mass is 9.80. The summed E-state index contributed by atoms with van der Waals surface area (Å²) in [6.07, 6.45) is 13.5. The summed E-state index contributed by atoms with van der Waals surface area (Å²) in [6, 6.07) is -0.342. The number of hydrogen-bond donors (Lipinski definition) is 5. The smallest absolute Gasteiger partial charge is 0.315 e. The van der Waals surface area contributed by atoms with Crippen LogP contribution in [0.25, 0.3) is 17.7 Å². The molecule has 54 heavy (non-hydrogen) atoms. The van der Waals surface area contributed by atoms with Gasteiger partial charge in [0.25, 0.3) is 0 Å². The summed E-state index contributed by atoms with van der Waals surface area (Å²) >= 11 is 0. The van der Waals surface area contributed by atoms with E-state index in [0.717, 1.165) is 75.9 Å². The average Bonchev–Trinajstić information content (AvgIpc) is 3.87. The largest absolute Gasteiger partial charge is 0.468 e. The van der Waals surface area contributed by atoms with Crippen LogP contribution in [0.2, 0.25) is 0 Å². The molecule has 9 heteroatoms. The van der Waals surface area contributed by atoms with E-state index in [9.17, 15) is 14.7 Å². The third-order valence-corrected chi connectivity index (χ3v) is 12.7. The van der Waals surface area contributed by atoms with Crippen molar-refractivity contribution in [1.82, 2.24) is 20.6 Å². The van der Waals surface area contributed by atoms with Gasteiger partial charge < -0.3 is 35.2 Å². The molecule has 3 aliphatic heterocycles. The van der Waals surface area contributed by atoms with Gasteiger partial charge in [-0.3, -0.25) is 9.59 Å². The van der Waals surface area contributed by atoms with Crippen LogP contribution in [0.4, 0.5) is 0 Å². The number of H-pyrrole nitrogens is 2. The monoisotopic (exact) mass is 738 g/mol. The van der Waals surface area contributed by atoms with E-state index in [2.05, 4.69) is 94.2 Å². The van der Waals surface area contributed by atoms with E-state index in [0.29, 0.717) is 12.3 Å². The van der Waals surface area contributed by atoms with Crippen LogP contribution in [0, 0.1) is 43.4 Å². The number of aromatic nitrogens is 2. The first kappa shape index (κ1) is 39.5. The third kappa shape index (κ3) is 7.40. The number of aromatic amines is 2. The molecule has 0 spiro atoms. The Morgan fingerprint density at radius 3 is 2.44 bits per heavy atom. The third-order valence-electron chi connectivity index (χ3n) is 12.7. The molecule has 2 aromatic rings. The summed E-state index contributed by atoms with van der Waals surface area (Å²) in [4.78, 5) is 34.2. The minimum Gasteiger partial charge on any atom is -0.468 e. The fourth-order valence-corrected chi connectivity index (χ4v) is 9.39. The molecule has 1 unspecified atom stereocenters. The summed E-state index contributed by atoms with van der Waals surface area (Å²) in [7, 11) is 1.38. The maximum atomic E-state index is 13.6. The van der Waals surface area contributed by atoms with Gasteiger partial charge in [0.05, 0.1) is 19.3 Å². The molecule has 6 rings (SSSR count). The second-order valence-corrected chi connectivity index (χ2v) is 16.4. The Morgan fingerprint density at radius 1 is 1.00 bits per heavy atom. The first-order chi connectivity index (χ1) is 25.8. The van der Waals surface area contributed by atoms with Crippen LogP contribution in [-0.2, 0) is 25.5 Å². The Bertz CT molecular complexity index is 2040. The number of hydrogen-bond acceptors (Lipinski definition) is 7. The lowest BCUT2D eigenvalue weighted by molar-refractivity contribution is -0.147. The number of nitrogens with one attached hydrogen (secondary N) is 4. The van der Waals surface area contributed by atoms with Gasteiger partial charge in [-0.15, -0.1) is 0 Å². The Labute approximate surface area is 321 Å². The van der Waals surface area contributed by atoms with Gasteiger partial charge >= 0.3 is 11.9 Å². The molecule has 0 aromatic carbocycles. The Hall–Kier alpha value is -4.24. The number of carbonyl (C=O) groups excluding carboxylic acids is 2. The van der Waals surface area contributed by atoms with E-state index in [1.807, 2.05) is 13.0 Å². The molecule has 2 aromatic heterocycles. The molecule has 4 aliphatic rings. The van der Waals surface area contributed by atoms with Gasteiger partial charge in [0.1, 0.15) is 12.5 Å².